The topological polar surface area (TPSA) is 50.9 Å². The number of imidazole rings is 1. The molecule has 0 saturated heterocycles. The van der Waals surface area contributed by atoms with Gasteiger partial charge in [-0.25, -0.2) is 4.98 Å². The van der Waals surface area contributed by atoms with Gasteiger partial charge in [0.1, 0.15) is 11.6 Å². The molecule has 0 aliphatic heterocycles. The molecule has 0 radical (unpaired) electrons. The molecule has 0 spiro atoms. The number of phenols is 1. The van der Waals surface area contributed by atoms with Gasteiger partial charge in [0.25, 0.3) is 0 Å². The number of aryl methyl sites for hydroxylation is 1. The molecule has 6 aromatic carbocycles. The fourth-order valence-corrected chi connectivity index (χ4v) is 9.75. The lowest BCUT2D eigenvalue weighted by atomic mass is 9.79. The molecule has 9 rings (SSSR count). The number of benzene rings is 6. The summed E-state index contributed by atoms with van der Waals surface area (Å²) in [7, 11) is 0. The molecule has 1 N–H and O–H groups in total. The van der Waals surface area contributed by atoms with E-state index in [-0.39, 0.29) is 27.4 Å². The predicted molar refractivity (Wildman–Crippen MR) is 279 cm³/mol. The zero-order valence-electron chi connectivity index (χ0n) is 44.4. The third-order valence-electron chi connectivity index (χ3n) is 13.9. The summed E-state index contributed by atoms with van der Waals surface area (Å²) in [6.07, 6.45) is 1.98. The number of hydrogen-bond acceptors (Lipinski definition) is 3. The molecule has 66 heavy (non-hydrogen) atoms. The lowest BCUT2D eigenvalue weighted by Gasteiger charge is -2.28. The van der Waals surface area contributed by atoms with Gasteiger partial charge in [-0.1, -0.05) is 181 Å². The van der Waals surface area contributed by atoms with Crippen LogP contribution in [0.3, 0.4) is 0 Å². The molecule has 8 aromatic rings. The number of hydrogen-bond donors (Lipinski definition) is 1. The minimum atomic E-state index is -2.19. The summed E-state index contributed by atoms with van der Waals surface area (Å²) in [6, 6.07) is 42.7. The third-order valence-corrected chi connectivity index (χ3v) is 13.9. The van der Waals surface area contributed by atoms with Crippen molar-refractivity contribution in [1.82, 2.24) is 14.5 Å². The molecule has 4 nitrogen and oxygen atoms in total. The van der Waals surface area contributed by atoms with E-state index in [1.54, 1.807) is 6.07 Å². The summed E-state index contributed by atoms with van der Waals surface area (Å²) < 4.78 is 26.7. The second kappa shape index (κ2) is 15.4. The van der Waals surface area contributed by atoms with Gasteiger partial charge in [-0.15, -0.1) is 0 Å². The van der Waals surface area contributed by atoms with Crippen LogP contribution < -0.4 is 0 Å². The Morgan fingerprint density at radius 3 is 1.86 bits per heavy atom. The maximum Gasteiger partial charge on any atom is 0.149 e. The fraction of sp³-hybridized carbons (Fsp3) is 0.323. The SMILES string of the molecule is [2H]C([2H])([2H])c1ccc2c(c1)C(C)(C)c1cnc(-c3cc(-c4cccc5c4nc(-c4cc(C(C)(C)C)cc(C(C)(C)C)c4O)n5-c4ccc(C(C)(C)C)cc4-c4ccccc4)cc(C(C)(C)C)c3)cc1-2. The van der Waals surface area contributed by atoms with Crippen LogP contribution in [0.2, 0.25) is 0 Å². The van der Waals surface area contributed by atoms with Gasteiger partial charge < -0.3 is 5.11 Å². The summed E-state index contributed by atoms with van der Waals surface area (Å²) in [5.74, 6) is 0.905. The van der Waals surface area contributed by atoms with Gasteiger partial charge in [0.05, 0.1) is 28.0 Å². The summed E-state index contributed by atoms with van der Waals surface area (Å²) in [4.78, 5) is 10.9. The van der Waals surface area contributed by atoms with Crippen molar-refractivity contribution in [3.63, 3.8) is 0 Å². The van der Waals surface area contributed by atoms with Crippen molar-refractivity contribution in [2.24, 2.45) is 0 Å². The Kier molecular flexibility index (Phi) is 9.62. The van der Waals surface area contributed by atoms with Crippen LogP contribution in [0.5, 0.6) is 5.75 Å². The highest BCUT2D eigenvalue weighted by molar-refractivity contribution is 5.98. The van der Waals surface area contributed by atoms with Crippen molar-refractivity contribution in [2.45, 2.75) is 131 Å². The van der Waals surface area contributed by atoms with Crippen LogP contribution in [0.4, 0.5) is 0 Å². The summed E-state index contributed by atoms with van der Waals surface area (Å²) in [5, 5.41) is 12.6. The first-order valence-corrected chi connectivity index (χ1v) is 23.5. The standard InChI is InChI=1S/C62H67N3O/c1-37-24-26-45-47-35-52(63-36-51(47)62(14,15)49(45)28-37)40-29-39(30-42(31-40)59(5,6)7)44-22-19-23-54-55(44)64-57(48-33-43(60(8,9)10)34-50(56(48)66)61(11,12)13)65(54)53-27-25-41(58(2,3)4)32-46(53)38-20-17-16-18-21-38/h16-36,66H,1-15H3/i1D3. The van der Waals surface area contributed by atoms with E-state index in [9.17, 15) is 5.11 Å². The minimum absolute atomic E-state index is 0.0950. The molecule has 1 aliphatic rings. The van der Waals surface area contributed by atoms with E-state index in [0.717, 1.165) is 89.2 Å². The van der Waals surface area contributed by atoms with Crippen molar-refractivity contribution in [2.75, 3.05) is 0 Å². The average Bonchev–Trinajstić information content (AvgIpc) is 3.76. The van der Waals surface area contributed by atoms with Crippen molar-refractivity contribution < 1.29 is 9.22 Å². The molecule has 0 saturated carbocycles. The Bertz CT molecular complexity index is 3330. The Morgan fingerprint density at radius 1 is 0.530 bits per heavy atom. The minimum Gasteiger partial charge on any atom is -0.507 e. The zero-order chi connectivity index (χ0) is 50.0. The Labute approximate surface area is 398 Å². The molecule has 0 bridgehead atoms. The Balaban J connectivity index is 1.33. The van der Waals surface area contributed by atoms with Crippen molar-refractivity contribution >= 4 is 11.0 Å². The van der Waals surface area contributed by atoms with Gasteiger partial charge in [0.2, 0.25) is 0 Å². The number of phenolic OH excluding ortho intramolecular Hbond substituents is 1. The van der Waals surface area contributed by atoms with Crippen LogP contribution in [-0.2, 0) is 27.1 Å². The van der Waals surface area contributed by atoms with Gasteiger partial charge in [-0.05, 0) is 121 Å². The van der Waals surface area contributed by atoms with Gasteiger partial charge in [-0.2, -0.15) is 0 Å². The predicted octanol–water partition coefficient (Wildman–Crippen LogP) is 16.6. The summed E-state index contributed by atoms with van der Waals surface area (Å²) >= 11 is 0. The highest BCUT2D eigenvalue weighted by Crippen LogP contribution is 2.50. The first-order valence-electron chi connectivity index (χ1n) is 25.0. The average molecular weight is 873 g/mol. The monoisotopic (exact) mass is 873 g/mol. The molecule has 2 heterocycles. The normalized spacial score (nSPS) is 14.7. The van der Waals surface area contributed by atoms with E-state index < -0.39 is 12.3 Å². The number of aromatic nitrogens is 3. The zero-order valence-corrected chi connectivity index (χ0v) is 41.4. The molecular formula is C62H67N3O. The number of pyridine rings is 1. The van der Waals surface area contributed by atoms with Gasteiger partial charge in [0, 0.05) is 38.0 Å². The second-order valence-electron chi connectivity index (χ2n) is 23.3. The van der Waals surface area contributed by atoms with Crippen LogP contribution in [0.25, 0.3) is 72.7 Å². The van der Waals surface area contributed by atoms with Crippen LogP contribution in [0, 0.1) is 6.85 Å². The van der Waals surface area contributed by atoms with E-state index in [2.05, 4.69) is 205 Å². The van der Waals surface area contributed by atoms with E-state index in [0.29, 0.717) is 17.0 Å². The summed E-state index contributed by atoms with van der Waals surface area (Å²) in [6.45, 7) is 28.7. The molecule has 4 heteroatoms. The van der Waals surface area contributed by atoms with Crippen LogP contribution in [0.15, 0.2) is 128 Å². The molecule has 0 atom stereocenters. The second-order valence-corrected chi connectivity index (χ2v) is 23.3. The highest BCUT2D eigenvalue weighted by atomic mass is 16.3. The molecule has 336 valence electrons. The first kappa shape index (κ1) is 41.2. The van der Waals surface area contributed by atoms with Crippen LogP contribution >= 0.6 is 0 Å². The number of aromatic hydroxyl groups is 1. The van der Waals surface area contributed by atoms with Gasteiger partial charge >= 0.3 is 0 Å². The fourth-order valence-electron chi connectivity index (χ4n) is 9.75. The van der Waals surface area contributed by atoms with Crippen molar-refractivity contribution in [3.05, 3.63) is 166 Å². The van der Waals surface area contributed by atoms with E-state index >= 15 is 0 Å². The number of para-hydroxylation sites is 1. The van der Waals surface area contributed by atoms with E-state index in [4.69, 9.17) is 14.1 Å². The number of nitrogens with zero attached hydrogens (tertiary/aromatic N) is 3. The molecule has 2 aromatic heterocycles. The van der Waals surface area contributed by atoms with E-state index in [1.165, 1.54) is 5.56 Å². The highest BCUT2D eigenvalue weighted by Gasteiger charge is 2.36. The molecule has 0 amide bonds. The molecule has 0 unspecified atom stereocenters. The molecular weight excluding hydrogens is 803 g/mol. The van der Waals surface area contributed by atoms with Crippen molar-refractivity contribution in [1.29, 1.82) is 0 Å². The van der Waals surface area contributed by atoms with Crippen LogP contribution in [0.1, 0.15) is 140 Å². The van der Waals surface area contributed by atoms with Crippen molar-refractivity contribution in [3.8, 4) is 67.5 Å². The largest absolute Gasteiger partial charge is 0.507 e. The first-order chi connectivity index (χ1) is 32.0. The Hall–Kier alpha value is -6.26. The quantitative estimate of drug-likeness (QED) is 0.187. The van der Waals surface area contributed by atoms with Crippen LogP contribution in [-0.4, -0.2) is 19.6 Å². The maximum absolute atomic E-state index is 12.6. The van der Waals surface area contributed by atoms with Gasteiger partial charge in [0.15, 0.2) is 0 Å². The Morgan fingerprint density at radius 2 is 1.20 bits per heavy atom. The lowest BCUT2D eigenvalue weighted by Crippen LogP contribution is -2.17. The molecule has 1 aliphatic carbocycles. The number of fused-ring (bicyclic) bond motifs is 4. The third kappa shape index (κ3) is 7.76. The summed E-state index contributed by atoms with van der Waals surface area (Å²) in [5.41, 5.74) is 17.1. The molecule has 0 fully saturated rings. The smallest absolute Gasteiger partial charge is 0.149 e. The maximum atomic E-state index is 12.6. The lowest BCUT2D eigenvalue weighted by molar-refractivity contribution is 0.446. The number of rotatable bonds is 5. The van der Waals surface area contributed by atoms with Gasteiger partial charge in [-0.3, -0.25) is 9.55 Å². The van der Waals surface area contributed by atoms with E-state index in [1.807, 2.05) is 18.3 Å².